The van der Waals surface area contributed by atoms with Crippen LogP contribution in [0.25, 0.3) is 11.1 Å². The van der Waals surface area contributed by atoms with Crippen LogP contribution in [0.15, 0.2) is 24.5 Å². The molecule has 1 unspecified atom stereocenters. The molecule has 0 saturated heterocycles. The molecule has 0 aliphatic carbocycles. The average molecular weight is 278 g/mol. The minimum atomic E-state index is 0.306. The molecule has 5 nitrogen and oxygen atoms in total. The zero-order valence-electron chi connectivity index (χ0n) is 11.1. The first-order chi connectivity index (χ1) is 9.22. The Hall–Kier alpha value is -1.66. The van der Waals surface area contributed by atoms with E-state index >= 15 is 0 Å². The Kier molecular flexibility index (Phi) is 4.70. The summed E-state index contributed by atoms with van der Waals surface area (Å²) in [5, 5.41) is 4.43. The van der Waals surface area contributed by atoms with Crippen molar-refractivity contribution in [2.75, 3.05) is 24.8 Å². The molecule has 6 heteroatoms. The maximum Gasteiger partial charge on any atom is 0.147 e. The monoisotopic (exact) mass is 278 g/mol. The second-order valence-corrected chi connectivity index (χ2v) is 5.11. The molecule has 0 radical (unpaired) electrons. The quantitative estimate of drug-likeness (QED) is 0.849. The molecule has 2 aromatic heterocycles. The lowest BCUT2D eigenvalue weighted by Crippen LogP contribution is -2.16. The highest BCUT2D eigenvalue weighted by molar-refractivity contribution is 7.11. The first kappa shape index (κ1) is 13.8. The van der Waals surface area contributed by atoms with Crippen molar-refractivity contribution >= 4 is 22.4 Å². The van der Waals surface area contributed by atoms with E-state index < -0.39 is 0 Å². The molecule has 0 aromatic carbocycles. The summed E-state index contributed by atoms with van der Waals surface area (Å²) in [7, 11) is 1.71. The van der Waals surface area contributed by atoms with E-state index in [0.29, 0.717) is 11.9 Å². The minimum Gasteiger partial charge on any atom is -0.385 e. The van der Waals surface area contributed by atoms with Gasteiger partial charge in [0, 0.05) is 32.2 Å². The van der Waals surface area contributed by atoms with Gasteiger partial charge < -0.3 is 15.8 Å². The van der Waals surface area contributed by atoms with Crippen LogP contribution >= 0.6 is 11.5 Å². The molecule has 0 bridgehead atoms. The highest BCUT2D eigenvalue weighted by Crippen LogP contribution is 2.36. The largest absolute Gasteiger partial charge is 0.385 e. The number of pyridine rings is 1. The van der Waals surface area contributed by atoms with E-state index in [9.17, 15) is 0 Å². The van der Waals surface area contributed by atoms with Crippen LogP contribution < -0.4 is 11.1 Å². The highest BCUT2D eigenvalue weighted by atomic mass is 32.1. The summed E-state index contributed by atoms with van der Waals surface area (Å²) >= 11 is 1.39. The lowest BCUT2D eigenvalue weighted by atomic mass is 10.1. The fourth-order valence-electron chi connectivity index (χ4n) is 1.79. The molecule has 3 N–H and O–H groups in total. The summed E-state index contributed by atoms with van der Waals surface area (Å²) in [4.78, 5) is 4.02. The number of methoxy groups -OCH3 is 1. The number of nitrogen functional groups attached to an aromatic ring is 1. The van der Waals surface area contributed by atoms with E-state index in [1.54, 1.807) is 19.5 Å². The number of hydrogen-bond donors (Lipinski definition) is 2. The molecule has 19 heavy (non-hydrogen) atoms. The van der Waals surface area contributed by atoms with Crippen molar-refractivity contribution in [1.82, 2.24) is 9.36 Å². The third-order valence-electron chi connectivity index (χ3n) is 2.82. The van der Waals surface area contributed by atoms with Crippen molar-refractivity contribution in [3.63, 3.8) is 0 Å². The lowest BCUT2D eigenvalue weighted by molar-refractivity contribution is 0.191. The Morgan fingerprint density at radius 2 is 2.16 bits per heavy atom. The van der Waals surface area contributed by atoms with Gasteiger partial charge in [-0.15, -0.1) is 0 Å². The van der Waals surface area contributed by atoms with Gasteiger partial charge in [-0.2, -0.15) is 4.37 Å². The average Bonchev–Trinajstić information content (AvgIpc) is 2.78. The minimum absolute atomic E-state index is 0.306. The molecule has 102 valence electrons. The fourth-order valence-corrected chi connectivity index (χ4v) is 2.64. The number of nitrogens with two attached hydrogens (primary N) is 1. The Morgan fingerprint density at radius 1 is 1.42 bits per heavy atom. The van der Waals surface area contributed by atoms with Crippen molar-refractivity contribution in [3.8, 4) is 11.1 Å². The SMILES string of the molecule is COCCC(C)Nc1snc(N)c1-c1ccncc1. The number of aromatic nitrogens is 2. The smallest absolute Gasteiger partial charge is 0.147 e. The van der Waals surface area contributed by atoms with E-state index in [1.807, 2.05) is 12.1 Å². The van der Waals surface area contributed by atoms with Crippen LogP contribution in [0.1, 0.15) is 13.3 Å². The van der Waals surface area contributed by atoms with Gasteiger partial charge in [0.15, 0.2) is 0 Å². The Labute approximate surface area is 117 Å². The maximum absolute atomic E-state index is 5.96. The molecule has 0 saturated carbocycles. The van der Waals surface area contributed by atoms with Crippen LogP contribution in [0, 0.1) is 0 Å². The van der Waals surface area contributed by atoms with E-state index in [1.165, 1.54) is 11.5 Å². The molecule has 2 rings (SSSR count). The van der Waals surface area contributed by atoms with Crippen LogP contribution in [-0.4, -0.2) is 29.1 Å². The predicted octanol–water partition coefficient (Wildman–Crippen LogP) is 2.62. The molecule has 0 aliphatic heterocycles. The number of hydrogen-bond acceptors (Lipinski definition) is 6. The fraction of sp³-hybridized carbons (Fsp3) is 0.385. The van der Waals surface area contributed by atoms with Gasteiger partial charge >= 0.3 is 0 Å². The zero-order valence-corrected chi connectivity index (χ0v) is 11.9. The van der Waals surface area contributed by atoms with E-state index in [4.69, 9.17) is 10.5 Å². The van der Waals surface area contributed by atoms with E-state index in [-0.39, 0.29) is 0 Å². The van der Waals surface area contributed by atoms with Crippen LogP contribution in [-0.2, 0) is 4.74 Å². The number of ether oxygens (including phenoxy) is 1. The van der Waals surface area contributed by atoms with Gasteiger partial charge in [-0.05, 0) is 42.6 Å². The zero-order chi connectivity index (χ0) is 13.7. The second-order valence-electron chi connectivity index (χ2n) is 4.33. The Bertz CT molecular complexity index is 515. The molecule has 1 atom stereocenters. The molecular weight excluding hydrogens is 260 g/mol. The van der Waals surface area contributed by atoms with Crippen molar-refractivity contribution in [2.24, 2.45) is 0 Å². The Morgan fingerprint density at radius 3 is 2.84 bits per heavy atom. The third kappa shape index (κ3) is 3.42. The molecule has 0 amide bonds. The molecular formula is C13H18N4OS. The van der Waals surface area contributed by atoms with Crippen LogP contribution in [0.3, 0.4) is 0 Å². The van der Waals surface area contributed by atoms with Gasteiger partial charge in [0.1, 0.15) is 10.8 Å². The number of rotatable bonds is 6. The van der Waals surface area contributed by atoms with Gasteiger partial charge in [-0.25, -0.2) is 0 Å². The third-order valence-corrected chi connectivity index (χ3v) is 3.61. The highest BCUT2D eigenvalue weighted by Gasteiger charge is 2.15. The summed E-state index contributed by atoms with van der Waals surface area (Å²) in [6, 6.07) is 4.18. The normalized spacial score (nSPS) is 12.3. The second kappa shape index (κ2) is 6.49. The van der Waals surface area contributed by atoms with Gasteiger partial charge in [0.25, 0.3) is 0 Å². The predicted molar refractivity (Wildman–Crippen MR) is 79.3 cm³/mol. The number of nitrogens with one attached hydrogen (secondary N) is 1. The molecule has 0 spiro atoms. The van der Waals surface area contributed by atoms with Gasteiger partial charge in [0.05, 0.1) is 5.56 Å². The topological polar surface area (TPSA) is 73.1 Å². The van der Waals surface area contributed by atoms with Gasteiger partial charge in [-0.1, -0.05) is 0 Å². The van der Waals surface area contributed by atoms with Crippen LogP contribution in [0.5, 0.6) is 0 Å². The van der Waals surface area contributed by atoms with Gasteiger partial charge in [-0.3, -0.25) is 4.98 Å². The van der Waals surface area contributed by atoms with Crippen LogP contribution in [0.4, 0.5) is 10.8 Å². The summed E-state index contributed by atoms with van der Waals surface area (Å²) in [6.45, 7) is 2.85. The molecule has 0 fully saturated rings. The summed E-state index contributed by atoms with van der Waals surface area (Å²) < 4.78 is 9.32. The van der Waals surface area contributed by atoms with Crippen molar-refractivity contribution in [1.29, 1.82) is 0 Å². The molecule has 2 aromatic rings. The summed E-state index contributed by atoms with van der Waals surface area (Å²) in [6.07, 6.45) is 4.44. The molecule has 2 heterocycles. The number of nitrogens with zero attached hydrogens (tertiary/aromatic N) is 2. The standard InChI is InChI=1S/C13H18N4OS/c1-9(5-8-18-2)16-13-11(12(14)17-19-13)10-3-6-15-7-4-10/h3-4,6-7,9,16H,5,8H2,1-2H3,(H2,14,17). The van der Waals surface area contributed by atoms with Crippen molar-refractivity contribution in [3.05, 3.63) is 24.5 Å². The van der Waals surface area contributed by atoms with Gasteiger partial charge in [0.2, 0.25) is 0 Å². The lowest BCUT2D eigenvalue weighted by Gasteiger charge is -2.14. The van der Waals surface area contributed by atoms with Crippen LogP contribution in [0.2, 0.25) is 0 Å². The van der Waals surface area contributed by atoms with E-state index in [2.05, 4.69) is 21.6 Å². The maximum atomic E-state index is 5.96. The Balaban J connectivity index is 2.19. The molecule has 0 aliphatic rings. The number of anilines is 2. The first-order valence-corrected chi connectivity index (χ1v) is 6.90. The van der Waals surface area contributed by atoms with E-state index in [0.717, 1.165) is 29.2 Å². The first-order valence-electron chi connectivity index (χ1n) is 6.13. The summed E-state index contributed by atoms with van der Waals surface area (Å²) in [5.41, 5.74) is 7.95. The van der Waals surface area contributed by atoms with Crippen molar-refractivity contribution < 1.29 is 4.74 Å². The van der Waals surface area contributed by atoms with Crippen molar-refractivity contribution in [2.45, 2.75) is 19.4 Å². The summed E-state index contributed by atoms with van der Waals surface area (Å²) in [5.74, 6) is 0.553.